The molecule has 4 heteroatoms. The van der Waals surface area contributed by atoms with Crippen molar-refractivity contribution in [2.75, 3.05) is 0 Å². The van der Waals surface area contributed by atoms with Crippen LogP contribution in [-0.2, 0) is 16.4 Å². The second-order valence-electron chi connectivity index (χ2n) is 6.54. The number of hydrogen-bond donors (Lipinski definition) is 1. The van der Waals surface area contributed by atoms with Crippen LogP contribution in [0.5, 0.6) is 0 Å². The maximum absolute atomic E-state index is 12.4. The van der Waals surface area contributed by atoms with Gasteiger partial charge in [0.15, 0.2) is 0 Å². The van der Waals surface area contributed by atoms with E-state index in [1.807, 2.05) is 26.0 Å². The Morgan fingerprint density at radius 2 is 1.76 bits per heavy atom. The fourth-order valence-corrected chi connectivity index (χ4v) is 6.47. The zero-order valence-corrected chi connectivity index (χ0v) is 13.4. The molecule has 0 saturated carbocycles. The summed E-state index contributed by atoms with van der Waals surface area (Å²) in [5.74, 6) is 0. The van der Waals surface area contributed by atoms with Crippen molar-refractivity contribution in [3.05, 3.63) is 34.4 Å². The SMILES string of the molecule is Cc1cc(C#N)cc(C)c1C1(O)CC2CCCC(C1)S2=O. The lowest BCUT2D eigenvalue weighted by molar-refractivity contribution is 0.00542. The molecule has 2 unspecified atom stereocenters. The molecule has 0 spiro atoms. The van der Waals surface area contributed by atoms with Gasteiger partial charge in [0.25, 0.3) is 0 Å². The van der Waals surface area contributed by atoms with Crippen molar-refractivity contribution >= 4 is 10.8 Å². The molecule has 21 heavy (non-hydrogen) atoms. The first-order valence-corrected chi connectivity index (χ1v) is 8.86. The van der Waals surface area contributed by atoms with Gasteiger partial charge in [0, 0.05) is 21.3 Å². The van der Waals surface area contributed by atoms with Gasteiger partial charge in [-0.05, 0) is 68.4 Å². The maximum Gasteiger partial charge on any atom is 0.0991 e. The van der Waals surface area contributed by atoms with E-state index in [1.54, 1.807) is 0 Å². The lowest BCUT2D eigenvalue weighted by Crippen LogP contribution is -2.47. The molecule has 2 aliphatic heterocycles. The summed E-state index contributed by atoms with van der Waals surface area (Å²) < 4.78 is 12.4. The van der Waals surface area contributed by atoms with Crippen LogP contribution >= 0.6 is 0 Å². The van der Waals surface area contributed by atoms with Crippen LogP contribution in [0.25, 0.3) is 0 Å². The second-order valence-corrected chi connectivity index (χ2v) is 8.53. The quantitative estimate of drug-likeness (QED) is 0.868. The van der Waals surface area contributed by atoms with Gasteiger partial charge in [-0.1, -0.05) is 6.42 Å². The zero-order valence-electron chi connectivity index (χ0n) is 12.6. The first-order valence-electron chi connectivity index (χ1n) is 7.58. The molecule has 0 radical (unpaired) electrons. The molecule has 1 N–H and O–H groups in total. The predicted molar refractivity (Wildman–Crippen MR) is 83.3 cm³/mol. The van der Waals surface area contributed by atoms with Crippen LogP contribution in [0.2, 0.25) is 0 Å². The van der Waals surface area contributed by atoms with E-state index in [0.717, 1.165) is 36.0 Å². The third kappa shape index (κ3) is 2.43. The van der Waals surface area contributed by atoms with E-state index >= 15 is 0 Å². The minimum atomic E-state index is -0.883. The predicted octanol–water partition coefficient (Wildman–Crippen LogP) is 2.83. The highest BCUT2D eigenvalue weighted by atomic mass is 32.2. The van der Waals surface area contributed by atoms with E-state index in [9.17, 15) is 9.32 Å². The van der Waals surface area contributed by atoms with Gasteiger partial charge in [-0.15, -0.1) is 0 Å². The fraction of sp³-hybridized carbons (Fsp3) is 0.588. The van der Waals surface area contributed by atoms with Crippen LogP contribution < -0.4 is 0 Å². The topological polar surface area (TPSA) is 61.1 Å². The monoisotopic (exact) mass is 303 g/mol. The number of nitriles is 1. The fourth-order valence-electron chi connectivity index (χ4n) is 4.25. The Morgan fingerprint density at radius 3 is 2.24 bits per heavy atom. The average molecular weight is 303 g/mol. The van der Waals surface area contributed by atoms with Crippen LogP contribution in [0.15, 0.2) is 12.1 Å². The number of benzene rings is 1. The summed E-state index contributed by atoms with van der Waals surface area (Å²) in [5, 5.41) is 20.6. The highest BCUT2D eigenvalue weighted by Gasteiger charge is 2.47. The summed E-state index contributed by atoms with van der Waals surface area (Å²) in [4.78, 5) is 0. The molecular weight excluding hydrogens is 282 g/mol. The van der Waals surface area contributed by atoms with Gasteiger partial charge < -0.3 is 5.11 Å². The van der Waals surface area contributed by atoms with Crippen LogP contribution in [-0.4, -0.2) is 19.8 Å². The molecule has 112 valence electrons. The first-order chi connectivity index (χ1) is 9.94. The van der Waals surface area contributed by atoms with E-state index in [1.165, 1.54) is 0 Å². The molecule has 0 aliphatic carbocycles. The number of fused-ring (bicyclic) bond motifs is 2. The number of aryl methyl sites for hydroxylation is 2. The molecule has 3 rings (SSSR count). The van der Waals surface area contributed by atoms with Crippen molar-refractivity contribution in [2.45, 2.75) is 62.1 Å². The summed E-state index contributed by atoms with van der Waals surface area (Å²) in [7, 11) is -0.788. The van der Waals surface area contributed by atoms with E-state index < -0.39 is 16.4 Å². The number of aliphatic hydroxyl groups is 1. The third-order valence-electron chi connectivity index (χ3n) is 4.97. The van der Waals surface area contributed by atoms with E-state index in [4.69, 9.17) is 5.26 Å². The molecule has 2 atom stereocenters. The largest absolute Gasteiger partial charge is 0.385 e. The van der Waals surface area contributed by atoms with Crippen molar-refractivity contribution in [1.29, 1.82) is 5.26 Å². The van der Waals surface area contributed by atoms with Gasteiger partial charge in [0.2, 0.25) is 0 Å². The lowest BCUT2D eigenvalue weighted by Gasteiger charge is -2.44. The standard InChI is InChI=1S/C17H21NO2S/c1-11-6-13(10-18)7-12(2)16(11)17(19)8-14-4-3-5-15(9-17)21(14)20/h6-7,14-15,19H,3-5,8-9H2,1-2H3. The van der Waals surface area contributed by atoms with Gasteiger partial charge in [0.1, 0.15) is 0 Å². The lowest BCUT2D eigenvalue weighted by atomic mass is 9.77. The highest BCUT2D eigenvalue weighted by molar-refractivity contribution is 7.86. The smallest absolute Gasteiger partial charge is 0.0991 e. The molecule has 2 fully saturated rings. The number of hydrogen-bond acceptors (Lipinski definition) is 3. The molecule has 0 amide bonds. The molecule has 1 aromatic carbocycles. The van der Waals surface area contributed by atoms with Crippen molar-refractivity contribution in [3.63, 3.8) is 0 Å². The second kappa shape index (κ2) is 5.23. The van der Waals surface area contributed by atoms with Crippen LogP contribution in [0.3, 0.4) is 0 Å². The van der Waals surface area contributed by atoms with Crippen LogP contribution in [0.1, 0.15) is 54.4 Å². The zero-order chi connectivity index (χ0) is 15.2. The minimum Gasteiger partial charge on any atom is -0.385 e. The van der Waals surface area contributed by atoms with Crippen molar-refractivity contribution in [1.82, 2.24) is 0 Å². The van der Waals surface area contributed by atoms with E-state index in [-0.39, 0.29) is 10.5 Å². The highest BCUT2D eigenvalue weighted by Crippen LogP contribution is 2.46. The Hall–Kier alpha value is -1.18. The summed E-state index contributed by atoms with van der Waals surface area (Å²) in [5.41, 5.74) is 2.65. The summed E-state index contributed by atoms with van der Waals surface area (Å²) >= 11 is 0. The van der Waals surface area contributed by atoms with Crippen LogP contribution in [0.4, 0.5) is 0 Å². The van der Waals surface area contributed by atoms with Gasteiger partial charge in [-0.3, -0.25) is 4.21 Å². The van der Waals surface area contributed by atoms with Gasteiger partial charge in [-0.25, -0.2) is 0 Å². The Kier molecular flexibility index (Phi) is 3.67. The Bertz CT molecular complexity index is 608. The molecule has 2 heterocycles. The normalized spacial score (nSPS) is 35.2. The summed E-state index contributed by atoms with van der Waals surface area (Å²) in [6, 6.07) is 5.87. The average Bonchev–Trinajstić information content (AvgIpc) is 2.40. The molecular formula is C17H21NO2S. The van der Waals surface area contributed by atoms with Gasteiger partial charge in [-0.2, -0.15) is 5.26 Å². The molecule has 2 bridgehead atoms. The number of rotatable bonds is 1. The molecule has 3 nitrogen and oxygen atoms in total. The molecule has 0 aromatic heterocycles. The van der Waals surface area contributed by atoms with Gasteiger partial charge >= 0.3 is 0 Å². The number of nitrogens with zero attached hydrogens (tertiary/aromatic N) is 1. The third-order valence-corrected chi connectivity index (χ3v) is 7.09. The van der Waals surface area contributed by atoms with E-state index in [2.05, 4.69) is 6.07 Å². The Labute approximate surface area is 128 Å². The molecule has 2 aliphatic rings. The summed E-state index contributed by atoms with van der Waals surface area (Å²) in [6.07, 6.45) is 4.22. The Balaban J connectivity index is 2.04. The van der Waals surface area contributed by atoms with Crippen molar-refractivity contribution < 1.29 is 9.32 Å². The molecule has 1 aromatic rings. The van der Waals surface area contributed by atoms with Crippen molar-refractivity contribution in [3.8, 4) is 6.07 Å². The first kappa shape index (κ1) is 14.7. The van der Waals surface area contributed by atoms with Crippen molar-refractivity contribution in [2.24, 2.45) is 0 Å². The Morgan fingerprint density at radius 1 is 1.24 bits per heavy atom. The van der Waals surface area contributed by atoms with Crippen LogP contribution in [0, 0.1) is 25.2 Å². The summed E-state index contributed by atoms with van der Waals surface area (Å²) in [6.45, 7) is 3.92. The van der Waals surface area contributed by atoms with Gasteiger partial charge in [0.05, 0.1) is 17.2 Å². The van der Waals surface area contributed by atoms with E-state index in [0.29, 0.717) is 18.4 Å². The molecule has 2 saturated heterocycles. The minimum absolute atomic E-state index is 0.122. The maximum atomic E-state index is 12.4.